The Morgan fingerprint density at radius 2 is 2.00 bits per heavy atom. The summed E-state index contributed by atoms with van der Waals surface area (Å²) >= 11 is 0. The van der Waals surface area contributed by atoms with Crippen LogP contribution in [0.4, 0.5) is 0 Å². The highest BCUT2D eigenvalue weighted by molar-refractivity contribution is 5.02. The highest BCUT2D eigenvalue weighted by Crippen LogP contribution is 2.27. The summed E-state index contributed by atoms with van der Waals surface area (Å²) < 4.78 is 2.08. The SMILES string of the molecule is CC(C)N1CCC(c2nc3n(n2)CCNC3)CC1. The number of hydrogen-bond acceptors (Lipinski definition) is 4. The third kappa shape index (κ3) is 2.29. The van der Waals surface area contributed by atoms with Gasteiger partial charge in [0, 0.05) is 18.5 Å². The van der Waals surface area contributed by atoms with Crippen LogP contribution in [0.15, 0.2) is 0 Å². The smallest absolute Gasteiger partial charge is 0.154 e. The first-order valence-corrected chi connectivity index (χ1v) is 7.12. The summed E-state index contributed by atoms with van der Waals surface area (Å²) in [5, 5.41) is 8.04. The minimum absolute atomic E-state index is 0.568. The zero-order valence-electron chi connectivity index (χ0n) is 11.4. The van der Waals surface area contributed by atoms with E-state index in [0.717, 1.165) is 31.3 Å². The van der Waals surface area contributed by atoms with Crippen LogP contribution >= 0.6 is 0 Å². The van der Waals surface area contributed by atoms with Gasteiger partial charge in [0.2, 0.25) is 0 Å². The zero-order valence-corrected chi connectivity index (χ0v) is 11.4. The second-order valence-electron chi connectivity index (χ2n) is 5.69. The van der Waals surface area contributed by atoms with Gasteiger partial charge in [-0.1, -0.05) is 0 Å². The van der Waals surface area contributed by atoms with Crippen LogP contribution in [0.3, 0.4) is 0 Å². The van der Waals surface area contributed by atoms with Gasteiger partial charge in [0.1, 0.15) is 5.82 Å². The largest absolute Gasteiger partial charge is 0.308 e. The number of hydrogen-bond donors (Lipinski definition) is 1. The van der Waals surface area contributed by atoms with Gasteiger partial charge < -0.3 is 10.2 Å². The van der Waals surface area contributed by atoms with Crippen molar-refractivity contribution in [2.24, 2.45) is 0 Å². The van der Waals surface area contributed by atoms with Crippen molar-refractivity contribution < 1.29 is 0 Å². The third-order valence-electron chi connectivity index (χ3n) is 4.17. The Hall–Kier alpha value is -0.940. The van der Waals surface area contributed by atoms with Crippen molar-refractivity contribution in [3.05, 3.63) is 11.6 Å². The van der Waals surface area contributed by atoms with Gasteiger partial charge >= 0.3 is 0 Å². The van der Waals surface area contributed by atoms with Crippen LogP contribution in [0.25, 0.3) is 0 Å². The van der Waals surface area contributed by atoms with E-state index in [0.29, 0.717) is 12.0 Å². The maximum atomic E-state index is 4.72. The molecule has 0 bridgehead atoms. The van der Waals surface area contributed by atoms with Crippen LogP contribution in [0.5, 0.6) is 0 Å². The topological polar surface area (TPSA) is 46.0 Å². The number of nitrogens with one attached hydrogen (secondary N) is 1. The number of likely N-dealkylation sites (tertiary alicyclic amines) is 1. The van der Waals surface area contributed by atoms with E-state index < -0.39 is 0 Å². The van der Waals surface area contributed by atoms with Crippen LogP contribution in [-0.4, -0.2) is 45.3 Å². The molecule has 3 heterocycles. The van der Waals surface area contributed by atoms with Gasteiger partial charge in [-0.2, -0.15) is 5.10 Å². The molecule has 2 aliphatic rings. The lowest BCUT2D eigenvalue weighted by molar-refractivity contribution is 0.169. The number of fused-ring (bicyclic) bond motifs is 1. The van der Waals surface area contributed by atoms with Crippen molar-refractivity contribution in [2.75, 3.05) is 19.6 Å². The molecule has 5 nitrogen and oxygen atoms in total. The van der Waals surface area contributed by atoms with E-state index in [2.05, 4.69) is 28.7 Å². The molecule has 0 radical (unpaired) electrons. The van der Waals surface area contributed by atoms with E-state index in [1.165, 1.54) is 25.9 Å². The van der Waals surface area contributed by atoms with Gasteiger partial charge in [0.25, 0.3) is 0 Å². The molecule has 1 aromatic rings. The fourth-order valence-corrected chi connectivity index (χ4v) is 2.94. The van der Waals surface area contributed by atoms with Crippen molar-refractivity contribution in [2.45, 2.75) is 51.7 Å². The summed E-state index contributed by atoms with van der Waals surface area (Å²) in [7, 11) is 0. The first-order chi connectivity index (χ1) is 8.74. The van der Waals surface area contributed by atoms with Crippen LogP contribution in [-0.2, 0) is 13.1 Å². The Bertz CT molecular complexity index is 380. The van der Waals surface area contributed by atoms with Crippen molar-refractivity contribution in [1.82, 2.24) is 25.0 Å². The normalized spacial score (nSPS) is 22.4. The van der Waals surface area contributed by atoms with Gasteiger partial charge in [-0.05, 0) is 39.8 Å². The summed E-state index contributed by atoms with van der Waals surface area (Å²) in [4.78, 5) is 7.26. The first kappa shape index (κ1) is 12.1. The molecular formula is C13H23N5. The molecule has 2 aliphatic heterocycles. The van der Waals surface area contributed by atoms with Crippen molar-refractivity contribution in [3.8, 4) is 0 Å². The van der Waals surface area contributed by atoms with Crippen LogP contribution in [0.2, 0.25) is 0 Å². The number of piperidine rings is 1. The summed E-state index contributed by atoms with van der Waals surface area (Å²) in [5.41, 5.74) is 0. The summed E-state index contributed by atoms with van der Waals surface area (Å²) in [5.74, 6) is 2.76. The highest BCUT2D eigenvalue weighted by atomic mass is 15.4. The Morgan fingerprint density at radius 1 is 1.22 bits per heavy atom. The molecule has 100 valence electrons. The molecule has 1 saturated heterocycles. The Morgan fingerprint density at radius 3 is 2.67 bits per heavy atom. The molecule has 0 spiro atoms. The fraction of sp³-hybridized carbons (Fsp3) is 0.846. The summed E-state index contributed by atoms with van der Waals surface area (Å²) in [6.45, 7) is 9.78. The summed E-state index contributed by atoms with van der Waals surface area (Å²) in [6.07, 6.45) is 2.41. The van der Waals surface area contributed by atoms with E-state index in [1.807, 2.05) is 0 Å². The molecule has 0 atom stereocenters. The predicted octanol–water partition coefficient (Wildman–Crippen LogP) is 0.969. The molecule has 1 aromatic heterocycles. The molecule has 1 N–H and O–H groups in total. The molecular weight excluding hydrogens is 226 g/mol. The highest BCUT2D eigenvalue weighted by Gasteiger charge is 2.26. The second kappa shape index (κ2) is 4.97. The lowest BCUT2D eigenvalue weighted by Crippen LogP contribution is -2.38. The lowest BCUT2D eigenvalue weighted by atomic mass is 9.95. The number of rotatable bonds is 2. The predicted molar refractivity (Wildman–Crippen MR) is 70.4 cm³/mol. The van der Waals surface area contributed by atoms with Gasteiger partial charge in [-0.15, -0.1) is 0 Å². The minimum Gasteiger partial charge on any atom is -0.308 e. The summed E-state index contributed by atoms with van der Waals surface area (Å²) in [6, 6.07) is 0.665. The van der Waals surface area contributed by atoms with Gasteiger partial charge in [-0.3, -0.25) is 0 Å². The van der Waals surface area contributed by atoms with Crippen LogP contribution in [0.1, 0.15) is 44.3 Å². The van der Waals surface area contributed by atoms with Crippen LogP contribution in [0, 0.1) is 0 Å². The first-order valence-electron chi connectivity index (χ1n) is 7.12. The molecule has 1 fully saturated rings. The van der Waals surface area contributed by atoms with Gasteiger partial charge in [0.05, 0.1) is 13.1 Å². The number of nitrogens with zero attached hydrogens (tertiary/aromatic N) is 4. The molecule has 0 aromatic carbocycles. The average Bonchev–Trinajstić information content (AvgIpc) is 2.82. The van der Waals surface area contributed by atoms with E-state index >= 15 is 0 Å². The zero-order chi connectivity index (χ0) is 12.5. The molecule has 0 saturated carbocycles. The van der Waals surface area contributed by atoms with E-state index in [-0.39, 0.29) is 0 Å². The Balaban J connectivity index is 1.67. The molecule has 3 rings (SSSR count). The Labute approximate surface area is 109 Å². The molecule has 18 heavy (non-hydrogen) atoms. The molecule has 0 aliphatic carbocycles. The maximum absolute atomic E-state index is 4.72. The van der Waals surface area contributed by atoms with Crippen molar-refractivity contribution >= 4 is 0 Å². The maximum Gasteiger partial charge on any atom is 0.154 e. The molecule has 0 unspecified atom stereocenters. The molecule has 5 heteroatoms. The Kier molecular flexibility index (Phi) is 3.35. The van der Waals surface area contributed by atoms with Gasteiger partial charge in [-0.25, -0.2) is 9.67 Å². The number of aromatic nitrogens is 3. The van der Waals surface area contributed by atoms with E-state index in [9.17, 15) is 0 Å². The van der Waals surface area contributed by atoms with Gasteiger partial charge in [0.15, 0.2) is 5.82 Å². The lowest BCUT2D eigenvalue weighted by Gasteiger charge is -2.33. The standard InChI is InChI=1S/C13H23N5/c1-10(2)17-6-3-11(4-7-17)13-15-12-9-14-5-8-18(12)16-13/h10-11,14H,3-9H2,1-2H3. The second-order valence-corrected chi connectivity index (χ2v) is 5.69. The van der Waals surface area contributed by atoms with Crippen molar-refractivity contribution in [1.29, 1.82) is 0 Å². The fourth-order valence-electron chi connectivity index (χ4n) is 2.94. The average molecular weight is 249 g/mol. The monoisotopic (exact) mass is 249 g/mol. The van der Waals surface area contributed by atoms with Crippen LogP contribution < -0.4 is 5.32 Å². The minimum atomic E-state index is 0.568. The van der Waals surface area contributed by atoms with E-state index in [4.69, 9.17) is 10.1 Å². The quantitative estimate of drug-likeness (QED) is 0.848. The molecule has 0 amide bonds. The van der Waals surface area contributed by atoms with E-state index in [1.54, 1.807) is 0 Å². The van der Waals surface area contributed by atoms with Crippen molar-refractivity contribution in [3.63, 3.8) is 0 Å². The third-order valence-corrected chi connectivity index (χ3v) is 4.17.